The first-order valence-electron chi connectivity index (χ1n) is 4.23. The van der Waals surface area contributed by atoms with Crippen molar-refractivity contribution in [2.45, 2.75) is 12.8 Å². The van der Waals surface area contributed by atoms with Crippen molar-refractivity contribution < 1.29 is 29.0 Å². The lowest BCUT2D eigenvalue weighted by Crippen LogP contribution is -2.14. The molecule has 0 aromatic heterocycles. The van der Waals surface area contributed by atoms with Crippen molar-refractivity contribution in [3.8, 4) is 0 Å². The van der Waals surface area contributed by atoms with Crippen molar-refractivity contribution in [3.63, 3.8) is 0 Å². The molecule has 0 radical (unpaired) electrons. The third-order valence-corrected chi connectivity index (χ3v) is 1.27. The molecule has 0 amide bonds. The van der Waals surface area contributed by atoms with Gasteiger partial charge in [-0.1, -0.05) is 6.58 Å². The highest BCUT2D eigenvalue weighted by Gasteiger charge is 2.11. The zero-order valence-corrected chi connectivity index (χ0v) is 8.10. The molecule has 0 atom stereocenters. The molecule has 0 heterocycles. The van der Waals surface area contributed by atoms with Gasteiger partial charge in [0, 0.05) is 6.08 Å². The number of ether oxygens (including phenoxy) is 2. The van der Waals surface area contributed by atoms with Gasteiger partial charge in [0.15, 0.2) is 0 Å². The summed E-state index contributed by atoms with van der Waals surface area (Å²) >= 11 is 0. The van der Waals surface area contributed by atoms with Crippen molar-refractivity contribution in [1.29, 1.82) is 0 Å². The third kappa shape index (κ3) is 7.39. The zero-order valence-electron chi connectivity index (χ0n) is 8.10. The van der Waals surface area contributed by atoms with Crippen LogP contribution in [0.15, 0.2) is 12.7 Å². The molecule has 0 bridgehead atoms. The zero-order chi connectivity index (χ0) is 11.7. The van der Waals surface area contributed by atoms with E-state index in [0.717, 1.165) is 6.08 Å². The Morgan fingerprint density at radius 1 is 1.20 bits per heavy atom. The Hall–Kier alpha value is -1.69. The molecule has 0 aromatic carbocycles. The van der Waals surface area contributed by atoms with Crippen molar-refractivity contribution in [2.24, 2.45) is 0 Å². The Labute approximate surface area is 86.5 Å². The summed E-state index contributed by atoms with van der Waals surface area (Å²) in [6.45, 7) is 2.72. The molecular weight excluding hydrogens is 204 g/mol. The minimum absolute atomic E-state index is 0.112. The van der Waals surface area contributed by atoms with Gasteiger partial charge in [-0.25, -0.2) is 4.79 Å². The van der Waals surface area contributed by atoms with Gasteiger partial charge in [-0.3, -0.25) is 9.59 Å². The fourth-order valence-electron chi connectivity index (χ4n) is 0.641. The molecule has 0 fully saturated rings. The topological polar surface area (TPSA) is 89.9 Å². The van der Waals surface area contributed by atoms with Crippen LogP contribution in [-0.2, 0) is 23.9 Å². The van der Waals surface area contributed by atoms with Gasteiger partial charge in [-0.05, 0) is 0 Å². The maximum absolute atomic E-state index is 10.8. The van der Waals surface area contributed by atoms with Gasteiger partial charge >= 0.3 is 17.9 Å². The van der Waals surface area contributed by atoms with Crippen molar-refractivity contribution in [1.82, 2.24) is 0 Å². The first kappa shape index (κ1) is 13.3. The fraction of sp³-hybridized carbons (Fsp3) is 0.444. The van der Waals surface area contributed by atoms with E-state index in [1.54, 1.807) is 0 Å². The predicted octanol–water partition coefficient (Wildman–Crippen LogP) is -0.442. The number of hydrogen-bond acceptors (Lipinski definition) is 6. The number of hydrogen-bond donors (Lipinski definition) is 1. The van der Waals surface area contributed by atoms with E-state index in [1.165, 1.54) is 0 Å². The minimum atomic E-state index is -0.858. The largest absolute Gasteiger partial charge is 0.463 e. The average molecular weight is 216 g/mol. The summed E-state index contributed by atoms with van der Waals surface area (Å²) < 4.78 is 8.67. The van der Waals surface area contributed by atoms with Crippen LogP contribution >= 0.6 is 0 Å². The van der Waals surface area contributed by atoms with E-state index < -0.39 is 17.9 Å². The number of esters is 3. The summed E-state index contributed by atoms with van der Waals surface area (Å²) in [6.07, 6.45) is 0.412. The van der Waals surface area contributed by atoms with E-state index in [9.17, 15) is 14.4 Å². The molecule has 0 aliphatic heterocycles. The molecule has 6 heteroatoms. The molecule has 0 aliphatic carbocycles. The molecule has 0 unspecified atom stereocenters. The molecule has 0 saturated carbocycles. The summed E-state index contributed by atoms with van der Waals surface area (Å²) in [7, 11) is 0. The highest BCUT2D eigenvalue weighted by atomic mass is 16.6. The molecule has 0 spiro atoms. The Morgan fingerprint density at radius 3 is 2.33 bits per heavy atom. The summed E-state index contributed by atoms with van der Waals surface area (Å²) in [5.74, 6) is -2.31. The molecule has 0 aromatic rings. The van der Waals surface area contributed by atoms with Crippen LogP contribution in [0.3, 0.4) is 0 Å². The molecule has 0 saturated heterocycles. The Kier molecular flexibility index (Phi) is 6.82. The molecule has 1 N–H and O–H groups in total. The summed E-state index contributed by atoms with van der Waals surface area (Å²) in [6, 6.07) is 0. The highest BCUT2D eigenvalue weighted by Crippen LogP contribution is 1.96. The third-order valence-electron chi connectivity index (χ3n) is 1.27. The molecule has 84 valence electrons. The van der Waals surface area contributed by atoms with Crippen LogP contribution in [0.5, 0.6) is 0 Å². The lowest BCUT2D eigenvalue weighted by molar-refractivity contribution is -0.158. The monoisotopic (exact) mass is 216 g/mol. The van der Waals surface area contributed by atoms with Gasteiger partial charge < -0.3 is 14.6 Å². The first-order chi connectivity index (χ1) is 7.10. The standard InChI is InChI=1S/C9H12O6/c1-2-7(11)15-9(13)4-3-8(12)14-6-5-10/h2,10H,1,3-6H2. The highest BCUT2D eigenvalue weighted by molar-refractivity contribution is 5.92. The maximum atomic E-state index is 10.8. The molecule has 0 aliphatic rings. The predicted molar refractivity (Wildman–Crippen MR) is 48.6 cm³/mol. The normalized spacial score (nSPS) is 9.13. The van der Waals surface area contributed by atoms with Crippen LogP contribution in [0.4, 0.5) is 0 Å². The van der Waals surface area contributed by atoms with E-state index in [-0.39, 0.29) is 26.1 Å². The smallest absolute Gasteiger partial charge is 0.337 e. The second-order valence-electron chi connectivity index (χ2n) is 2.44. The van der Waals surface area contributed by atoms with Crippen LogP contribution in [0.25, 0.3) is 0 Å². The van der Waals surface area contributed by atoms with Gasteiger partial charge in [0.25, 0.3) is 0 Å². The van der Waals surface area contributed by atoms with Crippen molar-refractivity contribution in [3.05, 3.63) is 12.7 Å². The minimum Gasteiger partial charge on any atom is -0.463 e. The van der Waals surface area contributed by atoms with E-state index in [2.05, 4.69) is 16.1 Å². The number of aliphatic hydroxyl groups excluding tert-OH is 1. The van der Waals surface area contributed by atoms with Crippen molar-refractivity contribution >= 4 is 17.9 Å². The number of aliphatic hydroxyl groups is 1. The summed E-state index contributed by atoms with van der Waals surface area (Å²) in [4.78, 5) is 32.2. The Balaban J connectivity index is 3.66. The number of carbonyl (C=O) groups is 3. The van der Waals surface area contributed by atoms with Gasteiger partial charge in [-0.2, -0.15) is 0 Å². The second-order valence-corrected chi connectivity index (χ2v) is 2.44. The van der Waals surface area contributed by atoms with Crippen LogP contribution in [0.1, 0.15) is 12.8 Å². The van der Waals surface area contributed by atoms with E-state index in [4.69, 9.17) is 5.11 Å². The molecule has 15 heavy (non-hydrogen) atoms. The lowest BCUT2D eigenvalue weighted by Gasteiger charge is -2.01. The maximum Gasteiger partial charge on any atom is 0.337 e. The van der Waals surface area contributed by atoms with E-state index in [1.807, 2.05) is 0 Å². The first-order valence-corrected chi connectivity index (χ1v) is 4.23. The van der Waals surface area contributed by atoms with Gasteiger partial charge in [0.05, 0.1) is 19.4 Å². The van der Waals surface area contributed by atoms with Crippen LogP contribution in [0.2, 0.25) is 0 Å². The van der Waals surface area contributed by atoms with Gasteiger partial charge in [0.1, 0.15) is 6.61 Å². The van der Waals surface area contributed by atoms with Crippen LogP contribution < -0.4 is 0 Å². The van der Waals surface area contributed by atoms with E-state index >= 15 is 0 Å². The quantitative estimate of drug-likeness (QED) is 0.367. The summed E-state index contributed by atoms with van der Waals surface area (Å²) in [5, 5.41) is 8.32. The SMILES string of the molecule is C=CC(=O)OC(=O)CCC(=O)OCCO. The Bertz CT molecular complexity index is 257. The van der Waals surface area contributed by atoms with Gasteiger partial charge in [-0.15, -0.1) is 0 Å². The molecule has 6 nitrogen and oxygen atoms in total. The number of carbonyl (C=O) groups excluding carboxylic acids is 3. The van der Waals surface area contributed by atoms with Crippen LogP contribution in [0, 0.1) is 0 Å². The van der Waals surface area contributed by atoms with E-state index in [0.29, 0.717) is 0 Å². The van der Waals surface area contributed by atoms with Crippen molar-refractivity contribution in [2.75, 3.05) is 13.2 Å². The molecule has 0 rings (SSSR count). The average Bonchev–Trinajstić information content (AvgIpc) is 2.23. The second kappa shape index (κ2) is 7.69. The Morgan fingerprint density at radius 2 is 1.80 bits per heavy atom. The summed E-state index contributed by atoms with van der Waals surface area (Å²) in [5.41, 5.74) is 0. The number of rotatable bonds is 6. The van der Waals surface area contributed by atoms with Crippen LogP contribution in [-0.4, -0.2) is 36.2 Å². The fourth-order valence-corrected chi connectivity index (χ4v) is 0.641. The molecular formula is C9H12O6. The lowest BCUT2D eigenvalue weighted by atomic mass is 10.3. The van der Waals surface area contributed by atoms with Gasteiger partial charge in [0.2, 0.25) is 0 Å².